The number of aliphatic hydroxyl groups excluding tert-OH is 2. The molecule has 0 unspecified atom stereocenters. The van der Waals surface area contributed by atoms with Crippen molar-refractivity contribution in [1.82, 2.24) is 0 Å². The number of hydrogen-bond donors (Lipinski definition) is 3. The van der Waals surface area contributed by atoms with E-state index in [-0.39, 0.29) is 44.2 Å². The fraction of sp³-hybridized carbons (Fsp3) is 1.00. The van der Waals surface area contributed by atoms with Crippen molar-refractivity contribution in [3.05, 3.63) is 0 Å². The van der Waals surface area contributed by atoms with Gasteiger partial charge in [0.05, 0.1) is 0 Å². The summed E-state index contributed by atoms with van der Waals surface area (Å²) in [5, 5.41) is 16.8. The van der Waals surface area contributed by atoms with Gasteiger partial charge in [0.1, 0.15) is 0 Å². The van der Waals surface area contributed by atoms with Crippen molar-refractivity contribution >= 4 is 8.15 Å². The maximum Gasteiger partial charge on any atom is 1.00 e. The van der Waals surface area contributed by atoms with Crippen molar-refractivity contribution in [2.24, 2.45) is 0 Å². The van der Waals surface area contributed by atoms with Crippen LogP contribution >= 0.6 is 8.15 Å². The molecule has 11 heavy (non-hydrogen) atoms. The molecule has 0 atom stereocenters. The van der Waals surface area contributed by atoms with Crippen LogP contribution in [0.5, 0.6) is 0 Å². The van der Waals surface area contributed by atoms with Gasteiger partial charge in [-0.05, 0) is 25.2 Å². The third-order valence-corrected chi connectivity index (χ3v) is 2.81. The molecule has 0 fully saturated rings. The molecule has 3 nitrogen and oxygen atoms in total. The first kappa shape index (κ1) is 14.8. The Labute approximate surface area is 92.4 Å². The van der Waals surface area contributed by atoms with Crippen molar-refractivity contribution < 1.29 is 46.1 Å². The first-order valence-electron chi connectivity index (χ1n) is 3.46. The monoisotopic (exact) mass is 190 g/mol. The largest absolute Gasteiger partial charge is 1.00 e. The maximum absolute atomic E-state index is 9.15. The van der Waals surface area contributed by atoms with E-state index in [1.807, 2.05) is 0 Å². The van der Waals surface area contributed by atoms with E-state index in [1.54, 1.807) is 0 Å². The SMILES string of the molecule is OCCCP(O)CCCO.[H-].[Na+]. The van der Waals surface area contributed by atoms with E-state index in [2.05, 4.69) is 0 Å². The summed E-state index contributed by atoms with van der Waals surface area (Å²) in [5.74, 6) is 0. The van der Waals surface area contributed by atoms with Crippen molar-refractivity contribution in [1.29, 1.82) is 0 Å². The third-order valence-electron chi connectivity index (χ3n) is 1.15. The Morgan fingerprint density at radius 3 is 1.64 bits per heavy atom. The summed E-state index contributed by atoms with van der Waals surface area (Å²) in [7, 11) is -0.912. The van der Waals surface area contributed by atoms with Gasteiger partial charge in [-0.25, -0.2) is 0 Å². The molecule has 0 spiro atoms. The molecule has 0 amide bonds. The number of hydrogen-bond acceptors (Lipinski definition) is 3. The van der Waals surface area contributed by atoms with Crippen molar-refractivity contribution in [3.63, 3.8) is 0 Å². The molecule has 0 saturated carbocycles. The predicted molar refractivity (Wildman–Crippen MR) is 43.4 cm³/mol. The molecule has 0 aliphatic heterocycles. The minimum Gasteiger partial charge on any atom is -1.00 e. The normalized spacial score (nSPS) is 9.82. The van der Waals surface area contributed by atoms with E-state index in [0.717, 1.165) is 0 Å². The molecule has 5 heteroatoms. The summed E-state index contributed by atoms with van der Waals surface area (Å²) in [6.45, 7) is 0.303. The van der Waals surface area contributed by atoms with Crippen LogP contribution < -0.4 is 29.6 Å². The van der Waals surface area contributed by atoms with Crippen molar-refractivity contribution in [2.75, 3.05) is 25.5 Å². The molecule has 0 aromatic heterocycles. The van der Waals surface area contributed by atoms with Crippen LogP contribution in [0.4, 0.5) is 0 Å². The first-order chi connectivity index (χ1) is 4.81. The standard InChI is InChI=1S/C6H15O3P.Na.H/c7-3-1-5-10(9)6-2-4-8;;/h7-9H,1-6H2;;/q;+1;-1. The van der Waals surface area contributed by atoms with Crippen LogP contribution in [0.25, 0.3) is 0 Å². The van der Waals surface area contributed by atoms with Gasteiger partial charge in [-0.2, -0.15) is 0 Å². The molecule has 3 N–H and O–H groups in total. The maximum atomic E-state index is 9.15. The molecule has 0 bridgehead atoms. The van der Waals surface area contributed by atoms with Gasteiger partial charge in [0.2, 0.25) is 0 Å². The summed E-state index contributed by atoms with van der Waals surface area (Å²) >= 11 is 0. The minimum absolute atomic E-state index is 0. The summed E-state index contributed by atoms with van der Waals surface area (Å²) < 4.78 is 0. The Bertz CT molecular complexity index is 71.8. The van der Waals surface area contributed by atoms with Gasteiger partial charge < -0.3 is 16.5 Å². The van der Waals surface area contributed by atoms with Crippen LogP contribution in [0.3, 0.4) is 0 Å². The van der Waals surface area contributed by atoms with Crippen LogP contribution in [-0.2, 0) is 0 Å². The van der Waals surface area contributed by atoms with E-state index < -0.39 is 8.15 Å². The van der Waals surface area contributed by atoms with E-state index >= 15 is 0 Å². The van der Waals surface area contributed by atoms with E-state index in [1.165, 1.54) is 0 Å². The summed E-state index contributed by atoms with van der Waals surface area (Å²) in [6, 6.07) is 0. The van der Waals surface area contributed by atoms with Gasteiger partial charge in [0, 0.05) is 21.4 Å². The average molecular weight is 190 g/mol. The summed E-state index contributed by atoms with van der Waals surface area (Å²) in [6.07, 6.45) is 2.75. The zero-order chi connectivity index (χ0) is 7.82. The average Bonchev–Trinajstić information content (AvgIpc) is 1.97. The molecule has 0 heterocycles. The van der Waals surface area contributed by atoms with Crippen molar-refractivity contribution in [2.45, 2.75) is 12.8 Å². The zero-order valence-electron chi connectivity index (χ0n) is 8.03. The van der Waals surface area contributed by atoms with Gasteiger partial charge in [0.25, 0.3) is 0 Å². The van der Waals surface area contributed by atoms with Gasteiger partial charge in [0.15, 0.2) is 0 Å². The van der Waals surface area contributed by atoms with Crippen LogP contribution in [0, 0.1) is 0 Å². The Hall–Kier alpha value is 1.31. The second kappa shape index (κ2) is 11.3. The number of aliphatic hydroxyl groups is 2. The van der Waals surface area contributed by atoms with Crippen LogP contribution in [0.1, 0.15) is 14.3 Å². The van der Waals surface area contributed by atoms with Crippen molar-refractivity contribution in [3.8, 4) is 0 Å². The van der Waals surface area contributed by atoms with Gasteiger partial charge >= 0.3 is 29.6 Å². The Morgan fingerprint density at radius 1 is 1.00 bits per heavy atom. The zero-order valence-corrected chi connectivity index (χ0v) is 9.93. The molecule has 0 saturated heterocycles. The molecular weight excluding hydrogens is 174 g/mol. The molecule has 64 valence electrons. The van der Waals surface area contributed by atoms with Crippen LogP contribution in [-0.4, -0.2) is 40.6 Å². The van der Waals surface area contributed by atoms with E-state index in [9.17, 15) is 0 Å². The third kappa shape index (κ3) is 11.3. The smallest absolute Gasteiger partial charge is 1.00 e. The van der Waals surface area contributed by atoms with Gasteiger partial charge in [-0.15, -0.1) is 0 Å². The topological polar surface area (TPSA) is 60.7 Å². The first-order valence-corrected chi connectivity index (χ1v) is 5.13. The van der Waals surface area contributed by atoms with Crippen LogP contribution in [0.2, 0.25) is 0 Å². The quantitative estimate of drug-likeness (QED) is 0.314. The molecular formula is C6H16NaO3P. The Morgan fingerprint density at radius 2 is 1.36 bits per heavy atom. The molecule has 0 radical (unpaired) electrons. The fourth-order valence-corrected chi connectivity index (χ4v) is 1.85. The molecule has 0 rings (SSSR count). The Balaban J connectivity index is -0.000000405. The van der Waals surface area contributed by atoms with Crippen LogP contribution in [0.15, 0.2) is 0 Å². The van der Waals surface area contributed by atoms with E-state index in [4.69, 9.17) is 15.1 Å². The minimum atomic E-state index is -0.912. The molecule has 0 aromatic carbocycles. The van der Waals surface area contributed by atoms with E-state index in [0.29, 0.717) is 25.2 Å². The second-order valence-corrected chi connectivity index (χ2v) is 4.02. The second-order valence-electron chi connectivity index (χ2n) is 2.11. The van der Waals surface area contributed by atoms with Gasteiger partial charge in [-0.1, -0.05) is 0 Å². The fourth-order valence-electron chi connectivity index (χ4n) is 0.618. The summed E-state index contributed by atoms with van der Waals surface area (Å²) in [5.41, 5.74) is 0. The molecule has 0 aromatic rings. The summed E-state index contributed by atoms with van der Waals surface area (Å²) in [4.78, 5) is 9.15. The molecule has 0 aliphatic rings. The number of rotatable bonds is 6. The predicted octanol–water partition coefficient (Wildman–Crippen LogP) is -2.74. The Kier molecular flexibility index (Phi) is 15.2. The molecule has 0 aliphatic carbocycles. The van der Waals surface area contributed by atoms with Gasteiger partial charge in [-0.3, -0.25) is 0 Å².